The van der Waals surface area contributed by atoms with E-state index in [0.29, 0.717) is 11.7 Å². The van der Waals surface area contributed by atoms with E-state index in [4.69, 9.17) is 5.84 Å². The Kier molecular flexibility index (Phi) is 3.75. The third-order valence-corrected chi connectivity index (χ3v) is 3.84. The van der Waals surface area contributed by atoms with Gasteiger partial charge in [0.25, 0.3) is 0 Å². The Morgan fingerprint density at radius 1 is 1.24 bits per heavy atom. The lowest BCUT2D eigenvalue weighted by Gasteiger charge is -2.14. The van der Waals surface area contributed by atoms with Crippen molar-refractivity contribution in [2.45, 2.75) is 39.0 Å². The molecule has 1 aliphatic carbocycles. The molecule has 2 aromatic rings. The fraction of sp³-hybridized carbons (Fsp3) is 0.375. The molecule has 1 heterocycles. The van der Waals surface area contributed by atoms with E-state index in [9.17, 15) is 0 Å². The number of anilines is 3. The summed E-state index contributed by atoms with van der Waals surface area (Å²) < 4.78 is 0. The van der Waals surface area contributed by atoms with E-state index in [-0.39, 0.29) is 0 Å². The Morgan fingerprint density at radius 3 is 2.67 bits per heavy atom. The quantitative estimate of drug-likeness (QED) is 0.580. The molecule has 0 unspecified atom stereocenters. The molecule has 5 nitrogen and oxygen atoms in total. The van der Waals surface area contributed by atoms with E-state index in [1.54, 1.807) is 0 Å². The molecule has 1 aromatic carbocycles. The lowest BCUT2D eigenvalue weighted by molar-refractivity contribution is 0.920. The molecule has 4 N–H and O–H groups in total. The van der Waals surface area contributed by atoms with Crippen LogP contribution >= 0.6 is 0 Å². The van der Waals surface area contributed by atoms with Gasteiger partial charge in [-0.15, -0.1) is 0 Å². The summed E-state index contributed by atoms with van der Waals surface area (Å²) in [6, 6.07) is 8.38. The number of nitrogens with one attached hydrogen (secondary N) is 2. The summed E-state index contributed by atoms with van der Waals surface area (Å²) >= 11 is 0. The lowest BCUT2D eigenvalue weighted by atomic mass is 10.1. The maximum absolute atomic E-state index is 5.58. The van der Waals surface area contributed by atoms with Gasteiger partial charge >= 0.3 is 0 Å². The van der Waals surface area contributed by atoms with Gasteiger partial charge in [0.1, 0.15) is 17.5 Å². The summed E-state index contributed by atoms with van der Waals surface area (Å²) in [4.78, 5) is 9.18. The van der Waals surface area contributed by atoms with Gasteiger partial charge in [-0.2, -0.15) is 0 Å². The summed E-state index contributed by atoms with van der Waals surface area (Å²) in [7, 11) is 0. The molecule has 0 bridgehead atoms. The Labute approximate surface area is 125 Å². The van der Waals surface area contributed by atoms with Crippen molar-refractivity contribution < 1.29 is 0 Å². The summed E-state index contributed by atoms with van der Waals surface area (Å²) in [5, 5.41) is 3.40. The van der Waals surface area contributed by atoms with Crippen molar-refractivity contribution in [3.8, 4) is 0 Å². The Hall–Kier alpha value is -2.14. The van der Waals surface area contributed by atoms with Crippen molar-refractivity contribution in [1.29, 1.82) is 0 Å². The first-order valence-electron chi connectivity index (χ1n) is 7.42. The van der Waals surface area contributed by atoms with Gasteiger partial charge in [-0.25, -0.2) is 15.8 Å². The number of aromatic nitrogens is 2. The maximum Gasteiger partial charge on any atom is 0.148 e. The summed E-state index contributed by atoms with van der Waals surface area (Å²) in [5.41, 5.74) is 5.95. The minimum absolute atomic E-state index is 0.486. The molecule has 1 aliphatic rings. The SMILES string of the molecule is CCc1cccc(Nc2nc(C3CC3)nc(NN)c2C)c1. The molecular formula is C16H21N5. The molecule has 0 amide bonds. The van der Waals surface area contributed by atoms with Crippen LogP contribution in [0.2, 0.25) is 0 Å². The molecule has 1 aromatic heterocycles. The number of aryl methyl sites for hydroxylation is 1. The number of nitrogens with zero attached hydrogens (tertiary/aromatic N) is 2. The van der Waals surface area contributed by atoms with Crippen LogP contribution in [-0.4, -0.2) is 9.97 Å². The van der Waals surface area contributed by atoms with Crippen molar-refractivity contribution in [2.24, 2.45) is 5.84 Å². The van der Waals surface area contributed by atoms with Crippen LogP contribution in [0.25, 0.3) is 0 Å². The molecule has 0 spiro atoms. The molecule has 3 rings (SSSR count). The molecule has 0 saturated heterocycles. The van der Waals surface area contributed by atoms with E-state index in [1.165, 1.54) is 5.56 Å². The van der Waals surface area contributed by atoms with Crippen molar-refractivity contribution in [1.82, 2.24) is 9.97 Å². The van der Waals surface area contributed by atoms with Gasteiger partial charge in [0.15, 0.2) is 0 Å². The molecule has 5 heteroatoms. The topological polar surface area (TPSA) is 75.9 Å². The summed E-state index contributed by atoms with van der Waals surface area (Å²) in [5.74, 6) is 8.47. The van der Waals surface area contributed by atoms with E-state index >= 15 is 0 Å². The molecular weight excluding hydrogens is 262 g/mol. The Bertz CT molecular complexity index is 649. The molecule has 1 saturated carbocycles. The van der Waals surface area contributed by atoms with Crippen LogP contribution in [0.1, 0.15) is 42.6 Å². The second-order valence-electron chi connectivity index (χ2n) is 5.50. The van der Waals surface area contributed by atoms with Crippen molar-refractivity contribution in [2.75, 3.05) is 10.7 Å². The number of hydrogen-bond donors (Lipinski definition) is 3. The highest BCUT2D eigenvalue weighted by Crippen LogP contribution is 2.39. The van der Waals surface area contributed by atoms with Gasteiger partial charge in [0, 0.05) is 17.2 Å². The fourth-order valence-corrected chi connectivity index (χ4v) is 2.33. The zero-order valence-corrected chi connectivity index (χ0v) is 12.5. The number of rotatable bonds is 5. The second-order valence-corrected chi connectivity index (χ2v) is 5.50. The van der Waals surface area contributed by atoms with E-state index in [1.807, 2.05) is 13.0 Å². The van der Waals surface area contributed by atoms with Crippen LogP contribution < -0.4 is 16.6 Å². The minimum atomic E-state index is 0.486. The molecule has 0 radical (unpaired) electrons. The van der Waals surface area contributed by atoms with Gasteiger partial charge in [-0.3, -0.25) is 0 Å². The van der Waals surface area contributed by atoms with E-state index in [2.05, 4.69) is 45.8 Å². The Balaban J connectivity index is 1.94. The van der Waals surface area contributed by atoms with Gasteiger partial charge in [0.05, 0.1) is 0 Å². The minimum Gasteiger partial charge on any atom is -0.340 e. The molecule has 0 aliphatic heterocycles. The first kappa shape index (κ1) is 13.8. The number of nitrogen functional groups attached to an aromatic ring is 1. The summed E-state index contributed by atoms with van der Waals surface area (Å²) in [6.07, 6.45) is 3.34. The lowest BCUT2D eigenvalue weighted by Crippen LogP contribution is -2.13. The van der Waals surface area contributed by atoms with Crippen LogP contribution in [-0.2, 0) is 6.42 Å². The highest BCUT2D eigenvalue weighted by molar-refractivity contribution is 5.65. The molecule has 21 heavy (non-hydrogen) atoms. The predicted octanol–water partition coefficient (Wildman–Crippen LogP) is 3.25. The number of benzene rings is 1. The molecule has 0 atom stereocenters. The summed E-state index contributed by atoms with van der Waals surface area (Å²) in [6.45, 7) is 4.12. The number of nitrogens with two attached hydrogens (primary N) is 1. The van der Waals surface area contributed by atoms with Crippen LogP contribution in [0.3, 0.4) is 0 Å². The monoisotopic (exact) mass is 283 g/mol. The molecule has 110 valence electrons. The first-order chi connectivity index (χ1) is 10.2. The number of hydrogen-bond acceptors (Lipinski definition) is 5. The highest BCUT2D eigenvalue weighted by atomic mass is 15.3. The van der Waals surface area contributed by atoms with Crippen molar-refractivity contribution >= 4 is 17.3 Å². The van der Waals surface area contributed by atoms with Crippen LogP contribution in [0, 0.1) is 6.92 Å². The highest BCUT2D eigenvalue weighted by Gasteiger charge is 2.28. The van der Waals surface area contributed by atoms with Crippen LogP contribution in [0.5, 0.6) is 0 Å². The predicted molar refractivity (Wildman–Crippen MR) is 85.7 cm³/mol. The first-order valence-corrected chi connectivity index (χ1v) is 7.42. The third-order valence-electron chi connectivity index (χ3n) is 3.84. The standard InChI is InChI=1S/C16H21N5/c1-3-11-5-4-6-13(9-11)18-14-10(2)15(21-17)20-16(19-14)12-7-8-12/h4-6,9,12H,3,7-8,17H2,1-2H3,(H2,18,19,20,21). The van der Waals surface area contributed by atoms with Crippen molar-refractivity contribution in [3.05, 3.63) is 41.2 Å². The maximum atomic E-state index is 5.58. The zero-order chi connectivity index (χ0) is 14.8. The van der Waals surface area contributed by atoms with Gasteiger partial charge < -0.3 is 10.7 Å². The van der Waals surface area contributed by atoms with Crippen LogP contribution in [0.4, 0.5) is 17.3 Å². The third kappa shape index (κ3) is 2.97. The zero-order valence-electron chi connectivity index (χ0n) is 12.5. The largest absolute Gasteiger partial charge is 0.340 e. The van der Waals surface area contributed by atoms with Crippen molar-refractivity contribution in [3.63, 3.8) is 0 Å². The van der Waals surface area contributed by atoms with Gasteiger partial charge in [-0.1, -0.05) is 19.1 Å². The number of hydrazine groups is 1. The molecule has 1 fully saturated rings. The fourth-order valence-electron chi connectivity index (χ4n) is 2.33. The van der Waals surface area contributed by atoms with Crippen LogP contribution in [0.15, 0.2) is 24.3 Å². The average Bonchev–Trinajstić information content (AvgIpc) is 3.34. The second kappa shape index (κ2) is 5.69. The normalized spacial score (nSPS) is 14.0. The van der Waals surface area contributed by atoms with Gasteiger partial charge in [0.2, 0.25) is 0 Å². The van der Waals surface area contributed by atoms with Gasteiger partial charge in [-0.05, 0) is 43.9 Å². The Morgan fingerprint density at radius 2 is 2.00 bits per heavy atom. The van der Waals surface area contributed by atoms with E-state index in [0.717, 1.165) is 42.2 Å². The van der Waals surface area contributed by atoms with E-state index < -0.39 is 0 Å². The smallest absolute Gasteiger partial charge is 0.148 e. The average molecular weight is 283 g/mol.